The van der Waals surface area contributed by atoms with E-state index in [0.717, 1.165) is 17.7 Å². The van der Waals surface area contributed by atoms with Crippen molar-refractivity contribution in [1.82, 2.24) is 4.98 Å². The van der Waals surface area contributed by atoms with Crippen LogP contribution < -0.4 is 0 Å². The van der Waals surface area contributed by atoms with Gasteiger partial charge in [0.15, 0.2) is 0 Å². The predicted molar refractivity (Wildman–Crippen MR) is 44.7 cm³/mol. The van der Waals surface area contributed by atoms with Crippen molar-refractivity contribution in [3.63, 3.8) is 0 Å². The highest BCUT2D eigenvalue weighted by molar-refractivity contribution is 5.99. The summed E-state index contributed by atoms with van der Waals surface area (Å²) in [4.78, 5) is 4.17. The lowest BCUT2D eigenvalue weighted by atomic mass is 10.0. The highest BCUT2D eigenvalue weighted by atomic mass is 14.7. The van der Waals surface area contributed by atoms with Crippen LogP contribution in [0.1, 0.15) is 11.3 Å². The quantitative estimate of drug-likeness (QED) is 0.590. The summed E-state index contributed by atoms with van der Waals surface area (Å²) in [6.07, 6.45) is 6.19. The molecule has 0 fully saturated rings. The third-order valence-corrected chi connectivity index (χ3v) is 1.75. The highest BCUT2D eigenvalue weighted by Gasteiger charge is 2.06. The Hall–Kier alpha value is -1.44. The molecule has 54 valence electrons. The lowest BCUT2D eigenvalue weighted by Crippen LogP contribution is -2.05. The van der Waals surface area contributed by atoms with Gasteiger partial charge in [-0.15, -0.1) is 0 Å². The molecule has 2 heteroatoms. The first-order chi connectivity index (χ1) is 5.36. The number of hydrogen-bond donors (Lipinski definition) is 1. The molecule has 1 aromatic rings. The van der Waals surface area contributed by atoms with Gasteiger partial charge in [0, 0.05) is 18.3 Å². The average molecular weight is 144 g/mol. The molecule has 0 amide bonds. The Bertz CT molecular complexity index is 326. The van der Waals surface area contributed by atoms with Gasteiger partial charge in [0.1, 0.15) is 0 Å². The molecule has 1 N–H and O–H groups in total. The SMILES string of the molecule is N=C1C=Cc2ncccc2C1. The summed E-state index contributed by atoms with van der Waals surface area (Å²) >= 11 is 0. The molecular formula is C9H8N2. The van der Waals surface area contributed by atoms with Gasteiger partial charge in [-0.25, -0.2) is 0 Å². The van der Waals surface area contributed by atoms with E-state index in [1.165, 1.54) is 0 Å². The number of rotatable bonds is 0. The average Bonchev–Trinajstić information content (AvgIpc) is 2.04. The number of fused-ring (bicyclic) bond motifs is 1. The highest BCUT2D eigenvalue weighted by Crippen LogP contribution is 2.13. The van der Waals surface area contributed by atoms with Crippen molar-refractivity contribution in [2.45, 2.75) is 6.42 Å². The van der Waals surface area contributed by atoms with Gasteiger partial charge >= 0.3 is 0 Å². The Morgan fingerprint density at radius 3 is 3.18 bits per heavy atom. The Morgan fingerprint density at radius 2 is 2.27 bits per heavy atom. The lowest BCUT2D eigenvalue weighted by Gasteiger charge is -2.08. The second-order valence-electron chi connectivity index (χ2n) is 2.58. The summed E-state index contributed by atoms with van der Waals surface area (Å²) in [6, 6.07) is 3.92. The fourth-order valence-electron chi connectivity index (χ4n) is 1.19. The van der Waals surface area contributed by atoms with E-state index >= 15 is 0 Å². The van der Waals surface area contributed by atoms with Crippen LogP contribution in [-0.4, -0.2) is 10.7 Å². The number of pyridine rings is 1. The molecule has 0 aromatic carbocycles. The minimum Gasteiger partial charge on any atom is -0.305 e. The maximum Gasteiger partial charge on any atom is 0.0666 e. The monoisotopic (exact) mass is 144 g/mol. The molecule has 1 aromatic heterocycles. The van der Waals surface area contributed by atoms with Crippen LogP contribution in [0.5, 0.6) is 0 Å². The van der Waals surface area contributed by atoms with E-state index in [1.807, 2.05) is 18.2 Å². The molecule has 1 heterocycles. The van der Waals surface area contributed by atoms with Crippen LogP contribution in [-0.2, 0) is 6.42 Å². The van der Waals surface area contributed by atoms with Crippen molar-refractivity contribution in [3.05, 3.63) is 35.7 Å². The molecule has 11 heavy (non-hydrogen) atoms. The largest absolute Gasteiger partial charge is 0.305 e. The third kappa shape index (κ3) is 1.07. The first kappa shape index (κ1) is 6.28. The summed E-state index contributed by atoms with van der Waals surface area (Å²) < 4.78 is 0. The van der Waals surface area contributed by atoms with Crippen LogP contribution in [0.25, 0.3) is 6.08 Å². The van der Waals surface area contributed by atoms with Crippen molar-refractivity contribution in [1.29, 1.82) is 5.41 Å². The van der Waals surface area contributed by atoms with Crippen LogP contribution >= 0.6 is 0 Å². The first-order valence-corrected chi connectivity index (χ1v) is 3.55. The van der Waals surface area contributed by atoms with Gasteiger partial charge < -0.3 is 5.41 Å². The van der Waals surface area contributed by atoms with Crippen molar-refractivity contribution in [2.75, 3.05) is 0 Å². The number of nitrogens with zero attached hydrogens (tertiary/aromatic N) is 1. The zero-order chi connectivity index (χ0) is 7.68. The standard InChI is InChI=1S/C9H8N2/c10-8-3-4-9-7(6-8)2-1-5-11-9/h1-5,10H,6H2. The third-order valence-electron chi connectivity index (χ3n) is 1.75. The summed E-state index contributed by atoms with van der Waals surface area (Å²) in [5.41, 5.74) is 2.81. The fourth-order valence-corrected chi connectivity index (χ4v) is 1.19. The van der Waals surface area contributed by atoms with Crippen LogP contribution in [0.2, 0.25) is 0 Å². The van der Waals surface area contributed by atoms with Crippen LogP contribution in [0.3, 0.4) is 0 Å². The normalized spacial score (nSPS) is 14.7. The molecule has 0 saturated heterocycles. The van der Waals surface area contributed by atoms with Crippen molar-refractivity contribution in [2.24, 2.45) is 0 Å². The zero-order valence-electron chi connectivity index (χ0n) is 6.04. The van der Waals surface area contributed by atoms with Gasteiger partial charge in [0.25, 0.3) is 0 Å². The van der Waals surface area contributed by atoms with Gasteiger partial charge in [-0.1, -0.05) is 6.07 Å². The molecule has 2 nitrogen and oxygen atoms in total. The first-order valence-electron chi connectivity index (χ1n) is 3.55. The Balaban J connectivity index is 2.54. The van der Waals surface area contributed by atoms with E-state index in [4.69, 9.17) is 5.41 Å². The van der Waals surface area contributed by atoms with Crippen molar-refractivity contribution < 1.29 is 0 Å². The Labute approximate surface area is 65.1 Å². The second kappa shape index (κ2) is 2.31. The fraction of sp³-hybridized carbons (Fsp3) is 0.111. The van der Waals surface area contributed by atoms with Gasteiger partial charge in [-0.05, 0) is 23.8 Å². The van der Waals surface area contributed by atoms with Gasteiger partial charge in [-0.3, -0.25) is 4.98 Å². The Kier molecular flexibility index (Phi) is 1.32. The zero-order valence-corrected chi connectivity index (χ0v) is 6.04. The molecule has 1 aliphatic carbocycles. The van der Waals surface area contributed by atoms with Crippen LogP contribution in [0.4, 0.5) is 0 Å². The smallest absolute Gasteiger partial charge is 0.0666 e. The van der Waals surface area contributed by atoms with Gasteiger partial charge in [0.2, 0.25) is 0 Å². The summed E-state index contributed by atoms with van der Waals surface area (Å²) in [5, 5.41) is 7.40. The van der Waals surface area contributed by atoms with Crippen molar-refractivity contribution >= 4 is 11.8 Å². The molecule has 0 aliphatic heterocycles. The van der Waals surface area contributed by atoms with Crippen molar-refractivity contribution in [3.8, 4) is 0 Å². The molecule has 0 spiro atoms. The molecular weight excluding hydrogens is 136 g/mol. The molecule has 0 bridgehead atoms. The lowest BCUT2D eigenvalue weighted by molar-refractivity contribution is 1.17. The topological polar surface area (TPSA) is 36.7 Å². The molecule has 0 unspecified atom stereocenters. The van der Waals surface area contributed by atoms with E-state index in [-0.39, 0.29) is 0 Å². The Morgan fingerprint density at radius 1 is 1.36 bits per heavy atom. The number of hydrogen-bond acceptors (Lipinski definition) is 2. The van der Waals surface area contributed by atoms with E-state index < -0.39 is 0 Å². The molecule has 0 saturated carbocycles. The van der Waals surface area contributed by atoms with Crippen LogP contribution in [0.15, 0.2) is 24.4 Å². The summed E-state index contributed by atoms with van der Waals surface area (Å²) in [7, 11) is 0. The number of nitrogens with one attached hydrogen (secondary N) is 1. The maximum absolute atomic E-state index is 7.40. The maximum atomic E-state index is 7.40. The second-order valence-corrected chi connectivity index (χ2v) is 2.58. The number of allylic oxidation sites excluding steroid dienone is 1. The number of aromatic nitrogens is 1. The summed E-state index contributed by atoms with van der Waals surface area (Å²) in [6.45, 7) is 0. The molecule has 0 radical (unpaired) electrons. The predicted octanol–water partition coefficient (Wildman–Crippen LogP) is 1.67. The van der Waals surface area contributed by atoms with E-state index in [1.54, 1.807) is 12.3 Å². The molecule has 2 rings (SSSR count). The van der Waals surface area contributed by atoms with E-state index in [2.05, 4.69) is 4.98 Å². The minimum absolute atomic E-state index is 0.658. The molecule has 0 atom stereocenters. The van der Waals surface area contributed by atoms with E-state index in [0.29, 0.717) is 5.71 Å². The van der Waals surface area contributed by atoms with Gasteiger partial charge in [0.05, 0.1) is 5.69 Å². The van der Waals surface area contributed by atoms with Crippen LogP contribution in [0, 0.1) is 5.41 Å². The summed E-state index contributed by atoms with van der Waals surface area (Å²) in [5.74, 6) is 0. The van der Waals surface area contributed by atoms with Gasteiger partial charge in [-0.2, -0.15) is 0 Å². The minimum atomic E-state index is 0.658. The molecule has 1 aliphatic rings. The van der Waals surface area contributed by atoms with E-state index in [9.17, 15) is 0 Å².